The van der Waals surface area contributed by atoms with Crippen LogP contribution in [0.25, 0.3) is 0 Å². The highest BCUT2D eigenvalue weighted by molar-refractivity contribution is 7.98. The third-order valence-electron chi connectivity index (χ3n) is 3.84. The highest BCUT2D eigenvalue weighted by Gasteiger charge is 2.47. The van der Waals surface area contributed by atoms with E-state index in [0.717, 1.165) is 16.9 Å². The third-order valence-corrected chi connectivity index (χ3v) is 4.65. The van der Waals surface area contributed by atoms with Gasteiger partial charge in [-0.2, -0.15) is 0 Å². The summed E-state index contributed by atoms with van der Waals surface area (Å²) in [6.07, 6.45) is 4.25. The number of carboxylic acids is 1. The van der Waals surface area contributed by atoms with E-state index >= 15 is 0 Å². The molecule has 0 unspecified atom stereocenters. The summed E-state index contributed by atoms with van der Waals surface area (Å²) in [5.74, 6) is 0.511. The Morgan fingerprint density at radius 1 is 1.32 bits per heavy atom. The molecule has 0 aliphatic heterocycles. The van der Waals surface area contributed by atoms with Crippen molar-refractivity contribution in [1.29, 1.82) is 0 Å². The van der Waals surface area contributed by atoms with E-state index in [9.17, 15) is 9.90 Å². The lowest BCUT2D eigenvalue weighted by Crippen LogP contribution is -2.42. The molecular formula is C14H18O4S. The third kappa shape index (κ3) is 2.06. The average Bonchev–Trinajstić information content (AvgIpc) is 2.35. The maximum atomic E-state index is 11.6. The number of carbonyl (C=O) groups is 1. The molecule has 1 fully saturated rings. The molecule has 1 aliphatic carbocycles. The number of benzene rings is 1. The van der Waals surface area contributed by atoms with Gasteiger partial charge in [0.15, 0.2) is 11.5 Å². The smallest absolute Gasteiger partial charge is 0.314 e. The first-order valence-corrected chi connectivity index (χ1v) is 7.36. The van der Waals surface area contributed by atoms with Crippen molar-refractivity contribution in [2.75, 3.05) is 20.5 Å². The molecule has 2 rings (SSSR count). The molecule has 0 bridgehead atoms. The van der Waals surface area contributed by atoms with E-state index in [1.54, 1.807) is 20.3 Å². The predicted molar refractivity (Wildman–Crippen MR) is 74.5 cm³/mol. The number of aliphatic carboxylic acids is 1. The van der Waals surface area contributed by atoms with Crippen LogP contribution < -0.4 is 9.47 Å². The molecule has 0 spiro atoms. The minimum atomic E-state index is -0.752. The summed E-state index contributed by atoms with van der Waals surface area (Å²) in [7, 11) is 3.16. The van der Waals surface area contributed by atoms with Crippen molar-refractivity contribution in [2.45, 2.75) is 29.6 Å². The molecule has 0 atom stereocenters. The first-order valence-electron chi connectivity index (χ1n) is 6.13. The van der Waals surface area contributed by atoms with E-state index < -0.39 is 11.4 Å². The fourth-order valence-corrected chi connectivity index (χ4v) is 3.46. The Morgan fingerprint density at radius 2 is 2.00 bits per heavy atom. The lowest BCUT2D eigenvalue weighted by Gasteiger charge is -2.39. The Labute approximate surface area is 117 Å². The fourth-order valence-electron chi connectivity index (χ4n) is 2.61. The Balaban J connectivity index is 2.61. The largest absolute Gasteiger partial charge is 0.493 e. The van der Waals surface area contributed by atoms with Crippen LogP contribution in [0.2, 0.25) is 0 Å². The van der Waals surface area contributed by atoms with E-state index in [0.29, 0.717) is 24.3 Å². The van der Waals surface area contributed by atoms with Crippen molar-refractivity contribution >= 4 is 17.7 Å². The normalized spacial score (nSPS) is 16.6. The highest BCUT2D eigenvalue weighted by Crippen LogP contribution is 2.51. The number of rotatable bonds is 5. The van der Waals surface area contributed by atoms with Crippen LogP contribution in [0.1, 0.15) is 24.8 Å². The van der Waals surface area contributed by atoms with E-state index in [1.165, 1.54) is 11.8 Å². The molecular weight excluding hydrogens is 264 g/mol. The number of ether oxygens (including phenoxy) is 2. The molecule has 5 heteroatoms. The van der Waals surface area contributed by atoms with Crippen LogP contribution in [0.5, 0.6) is 11.5 Å². The lowest BCUT2D eigenvalue weighted by molar-refractivity contribution is -0.147. The first kappa shape index (κ1) is 14.1. The molecule has 1 aromatic rings. The van der Waals surface area contributed by atoms with Crippen LogP contribution in [0.4, 0.5) is 0 Å². The standard InChI is InChI=1S/C14H18O4S/c1-17-10-6-5-9(12(19-3)11(10)18-2)14(13(15)16)7-4-8-14/h5-6H,4,7-8H2,1-3H3,(H,15,16). The summed E-state index contributed by atoms with van der Waals surface area (Å²) in [6, 6.07) is 3.65. The monoisotopic (exact) mass is 282 g/mol. The van der Waals surface area contributed by atoms with Gasteiger partial charge in [0, 0.05) is 0 Å². The minimum Gasteiger partial charge on any atom is -0.493 e. The van der Waals surface area contributed by atoms with Crippen LogP contribution in [-0.4, -0.2) is 31.6 Å². The van der Waals surface area contributed by atoms with Gasteiger partial charge in [0.05, 0.1) is 24.5 Å². The molecule has 1 N–H and O–H groups in total. The van der Waals surface area contributed by atoms with Gasteiger partial charge in [0.25, 0.3) is 0 Å². The van der Waals surface area contributed by atoms with E-state index in [-0.39, 0.29) is 0 Å². The number of carboxylic acid groups (broad SMARTS) is 1. The van der Waals surface area contributed by atoms with Gasteiger partial charge in [-0.3, -0.25) is 4.79 Å². The zero-order valence-electron chi connectivity index (χ0n) is 11.4. The van der Waals surface area contributed by atoms with Crippen molar-refractivity contribution in [3.63, 3.8) is 0 Å². The van der Waals surface area contributed by atoms with Crippen LogP contribution in [0.3, 0.4) is 0 Å². The maximum absolute atomic E-state index is 11.6. The molecule has 1 saturated carbocycles. The van der Waals surface area contributed by atoms with Crippen molar-refractivity contribution in [2.24, 2.45) is 0 Å². The predicted octanol–water partition coefficient (Wildman–Crippen LogP) is 2.93. The summed E-state index contributed by atoms with van der Waals surface area (Å²) < 4.78 is 10.7. The van der Waals surface area contributed by atoms with Gasteiger partial charge in [0.1, 0.15) is 0 Å². The number of thioether (sulfide) groups is 1. The second kappa shape index (κ2) is 5.33. The average molecular weight is 282 g/mol. The van der Waals surface area contributed by atoms with Gasteiger partial charge in [-0.15, -0.1) is 11.8 Å². The number of methoxy groups -OCH3 is 2. The van der Waals surface area contributed by atoms with Crippen LogP contribution in [0.15, 0.2) is 17.0 Å². The summed E-state index contributed by atoms with van der Waals surface area (Å²) in [4.78, 5) is 12.5. The molecule has 0 aromatic heterocycles. The number of hydrogen-bond donors (Lipinski definition) is 1. The van der Waals surface area contributed by atoms with Crippen molar-refractivity contribution in [3.05, 3.63) is 17.7 Å². The van der Waals surface area contributed by atoms with Crippen LogP contribution >= 0.6 is 11.8 Å². The van der Waals surface area contributed by atoms with Gasteiger partial charge < -0.3 is 14.6 Å². The summed E-state index contributed by atoms with van der Waals surface area (Å²) in [5.41, 5.74) is 0.0918. The topological polar surface area (TPSA) is 55.8 Å². The first-order chi connectivity index (χ1) is 9.10. The summed E-state index contributed by atoms with van der Waals surface area (Å²) in [5, 5.41) is 9.57. The zero-order chi connectivity index (χ0) is 14.0. The molecule has 1 aliphatic rings. The van der Waals surface area contributed by atoms with Gasteiger partial charge >= 0.3 is 5.97 Å². The Kier molecular flexibility index (Phi) is 3.94. The lowest BCUT2D eigenvalue weighted by atomic mass is 9.64. The molecule has 0 amide bonds. The molecule has 1 aromatic carbocycles. The van der Waals surface area contributed by atoms with E-state index in [4.69, 9.17) is 9.47 Å². The van der Waals surface area contributed by atoms with Gasteiger partial charge in [0.2, 0.25) is 0 Å². The second-order valence-corrected chi connectivity index (χ2v) is 5.44. The molecule has 104 valence electrons. The molecule has 4 nitrogen and oxygen atoms in total. The van der Waals surface area contributed by atoms with Crippen molar-refractivity contribution < 1.29 is 19.4 Å². The maximum Gasteiger partial charge on any atom is 0.314 e. The van der Waals surface area contributed by atoms with Crippen molar-refractivity contribution in [1.82, 2.24) is 0 Å². The SMILES string of the molecule is COc1ccc(C2(C(=O)O)CCC2)c(SC)c1OC. The highest BCUT2D eigenvalue weighted by atomic mass is 32.2. The zero-order valence-corrected chi connectivity index (χ0v) is 12.2. The van der Waals surface area contributed by atoms with Gasteiger partial charge in [-0.25, -0.2) is 0 Å². The van der Waals surface area contributed by atoms with Crippen LogP contribution in [-0.2, 0) is 10.2 Å². The quantitative estimate of drug-likeness (QED) is 0.841. The minimum absolute atomic E-state index is 0.625. The Hall–Kier alpha value is -1.36. The summed E-state index contributed by atoms with van der Waals surface area (Å²) in [6.45, 7) is 0. The van der Waals surface area contributed by atoms with Crippen LogP contribution in [0, 0.1) is 0 Å². The molecule has 19 heavy (non-hydrogen) atoms. The van der Waals surface area contributed by atoms with Gasteiger partial charge in [-0.1, -0.05) is 12.5 Å². The molecule has 0 radical (unpaired) electrons. The number of hydrogen-bond acceptors (Lipinski definition) is 4. The van der Waals surface area contributed by atoms with E-state index in [1.807, 2.05) is 12.3 Å². The molecule has 0 heterocycles. The molecule has 0 saturated heterocycles. The van der Waals surface area contributed by atoms with Gasteiger partial charge in [-0.05, 0) is 30.7 Å². The van der Waals surface area contributed by atoms with E-state index in [2.05, 4.69) is 0 Å². The fraction of sp³-hybridized carbons (Fsp3) is 0.500. The summed E-state index contributed by atoms with van der Waals surface area (Å²) >= 11 is 1.50. The Morgan fingerprint density at radius 3 is 2.37 bits per heavy atom. The Bertz CT molecular complexity index is 494. The van der Waals surface area contributed by atoms with Crippen molar-refractivity contribution in [3.8, 4) is 11.5 Å². The second-order valence-electron chi connectivity index (χ2n) is 4.62.